The van der Waals surface area contributed by atoms with Crippen LogP contribution in [0.25, 0.3) is 0 Å². The lowest BCUT2D eigenvalue weighted by Crippen LogP contribution is -2.34. The second kappa shape index (κ2) is 6.48. The van der Waals surface area contributed by atoms with Crippen LogP contribution in [0, 0.1) is 6.92 Å². The van der Waals surface area contributed by atoms with Crippen LogP contribution in [-0.4, -0.2) is 28.6 Å². The van der Waals surface area contributed by atoms with Gasteiger partial charge in [-0.2, -0.15) is 11.8 Å². The van der Waals surface area contributed by atoms with Crippen LogP contribution in [0.2, 0.25) is 0 Å². The first-order chi connectivity index (χ1) is 9.10. The SMILES string of the molecule is CSC1CCCC(NCc2cc(C(=O)O)oc2C)C1. The highest BCUT2D eigenvalue weighted by molar-refractivity contribution is 7.99. The van der Waals surface area contributed by atoms with Gasteiger partial charge in [0.1, 0.15) is 5.76 Å². The molecule has 1 heterocycles. The first-order valence-electron chi connectivity index (χ1n) is 6.69. The van der Waals surface area contributed by atoms with Gasteiger partial charge in [0.05, 0.1) is 0 Å². The van der Waals surface area contributed by atoms with E-state index >= 15 is 0 Å². The van der Waals surface area contributed by atoms with Crippen LogP contribution in [0.5, 0.6) is 0 Å². The van der Waals surface area contributed by atoms with Crippen molar-refractivity contribution < 1.29 is 14.3 Å². The Hall–Kier alpha value is -0.940. The minimum absolute atomic E-state index is 0.0277. The maximum absolute atomic E-state index is 10.8. The summed E-state index contributed by atoms with van der Waals surface area (Å²) in [6.45, 7) is 2.50. The van der Waals surface area contributed by atoms with Crippen LogP contribution < -0.4 is 5.32 Å². The fourth-order valence-corrected chi connectivity index (χ4v) is 3.43. The van der Waals surface area contributed by atoms with Gasteiger partial charge < -0.3 is 14.8 Å². The molecule has 0 bridgehead atoms. The van der Waals surface area contributed by atoms with E-state index in [1.165, 1.54) is 25.7 Å². The standard InChI is InChI=1S/C14H21NO3S/c1-9-10(6-13(18-9)14(16)17)8-15-11-4-3-5-12(7-11)19-2/h6,11-12,15H,3-5,7-8H2,1-2H3,(H,16,17). The van der Waals surface area contributed by atoms with E-state index in [0.717, 1.165) is 10.8 Å². The van der Waals surface area contributed by atoms with Crippen molar-refractivity contribution in [2.75, 3.05) is 6.26 Å². The minimum Gasteiger partial charge on any atom is -0.475 e. The average molecular weight is 283 g/mol. The first-order valence-corrected chi connectivity index (χ1v) is 7.97. The largest absolute Gasteiger partial charge is 0.475 e. The highest BCUT2D eigenvalue weighted by Gasteiger charge is 2.21. The predicted molar refractivity (Wildman–Crippen MR) is 76.8 cm³/mol. The lowest BCUT2D eigenvalue weighted by atomic mass is 9.95. The summed E-state index contributed by atoms with van der Waals surface area (Å²) in [6.07, 6.45) is 7.16. The molecule has 0 spiro atoms. The van der Waals surface area contributed by atoms with Crippen molar-refractivity contribution in [1.82, 2.24) is 5.32 Å². The second-order valence-corrected chi connectivity index (χ2v) is 6.24. The van der Waals surface area contributed by atoms with Crippen molar-refractivity contribution in [3.8, 4) is 0 Å². The van der Waals surface area contributed by atoms with E-state index in [2.05, 4.69) is 11.6 Å². The number of hydrogen-bond donors (Lipinski definition) is 2. The van der Waals surface area contributed by atoms with Gasteiger partial charge in [-0.25, -0.2) is 4.79 Å². The highest BCUT2D eigenvalue weighted by Crippen LogP contribution is 2.27. The topological polar surface area (TPSA) is 62.5 Å². The van der Waals surface area contributed by atoms with E-state index in [0.29, 0.717) is 18.3 Å². The second-order valence-electron chi connectivity index (χ2n) is 5.10. The number of carboxylic acids is 1. The molecule has 4 nitrogen and oxygen atoms in total. The molecule has 2 atom stereocenters. The molecule has 1 aromatic heterocycles. The molecule has 19 heavy (non-hydrogen) atoms. The Kier molecular flexibility index (Phi) is 4.93. The van der Waals surface area contributed by atoms with E-state index in [9.17, 15) is 4.79 Å². The van der Waals surface area contributed by atoms with Gasteiger partial charge in [-0.05, 0) is 38.5 Å². The fraction of sp³-hybridized carbons (Fsp3) is 0.643. The van der Waals surface area contributed by atoms with Gasteiger partial charge in [0.15, 0.2) is 0 Å². The zero-order valence-electron chi connectivity index (χ0n) is 11.4. The van der Waals surface area contributed by atoms with Crippen LogP contribution >= 0.6 is 11.8 Å². The van der Waals surface area contributed by atoms with E-state index in [4.69, 9.17) is 9.52 Å². The smallest absolute Gasteiger partial charge is 0.371 e. The number of hydrogen-bond acceptors (Lipinski definition) is 4. The molecule has 5 heteroatoms. The van der Waals surface area contributed by atoms with Gasteiger partial charge in [0.2, 0.25) is 5.76 Å². The molecule has 0 saturated heterocycles. The summed E-state index contributed by atoms with van der Waals surface area (Å²) in [5, 5.41) is 13.2. The van der Waals surface area contributed by atoms with Crippen molar-refractivity contribution in [3.05, 3.63) is 23.2 Å². The summed E-state index contributed by atoms with van der Waals surface area (Å²) in [4.78, 5) is 10.8. The van der Waals surface area contributed by atoms with E-state index in [1.807, 2.05) is 18.7 Å². The van der Waals surface area contributed by atoms with E-state index in [-0.39, 0.29) is 5.76 Å². The van der Waals surface area contributed by atoms with Crippen molar-refractivity contribution in [3.63, 3.8) is 0 Å². The van der Waals surface area contributed by atoms with Crippen molar-refractivity contribution >= 4 is 17.7 Å². The Morgan fingerprint density at radius 2 is 2.37 bits per heavy atom. The molecule has 2 rings (SSSR count). The number of carboxylic acid groups (broad SMARTS) is 1. The molecule has 1 aromatic rings. The van der Waals surface area contributed by atoms with Crippen molar-refractivity contribution in [2.24, 2.45) is 0 Å². The zero-order valence-corrected chi connectivity index (χ0v) is 12.3. The third-order valence-corrected chi connectivity index (χ3v) is 4.87. The molecular formula is C14H21NO3S. The molecule has 106 valence electrons. The Balaban J connectivity index is 1.89. The molecule has 1 aliphatic rings. The zero-order chi connectivity index (χ0) is 13.8. The number of aryl methyl sites for hydroxylation is 1. The average Bonchev–Trinajstić information content (AvgIpc) is 2.78. The molecule has 0 amide bonds. The minimum atomic E-state index is -1.01. The van der Waals surface area contributed by atoms with Gasteiger partial charge in [-0.15, -0.1) is 0 Å². The number of thioether (sulfide) groups is 1. The molecular weight excluding hydrogens is 262 g/mol. The molecule has 0 aromatic carbocycles. The van der Waals surface area contributed by atoms with Gasteiger partial charge in [0.25, 0.3) is 0 Å². The Morgan fingerprint density at radius 3 is 3.00 bits per heavy atom. The number of nitrogens with one attached hydrogen (secondary N) is 1. The van der Waals surface area contributed by atoms with Crippen molar-refractivity contribution in [1.29, 1.82) is 0 Å². The molecule has 2 N–H and O–H groups in total. The van der Waals surface area contributed by atoms with Crippen LogP contribution in [0.1, 0.15) is 47.6 Å². The summed E-state index contributed by atoms with van der Waals surface area (Å²) in [7, 11) is 0. The van der Waals surface area contributed by atoms with E-state index < -0.39 is 5.97 Å². The predicted octanol–water partition coefficient (Wildman–Crippen LogP) is 3.05. The number of rotatable bonds is 5. The lowest BCUT2D eigenvalue weighted by Gasteiger charge is -2.28. The van der Waals surface area contributed by atoms with Crippen LogP contribution in [-0.2, 0) is 6.54 Å². The van der Waals surface area contributed by atoms with Crippen LogP contribution in [0.15, 0.2) is 10.5 Å². The Morgan fingerprint density at radius 1 is 1.58 bits per heavy atom. The summed E-state index contributed by atoms with van der Waals surface area (Å²) >= 11 is 1.95. The summed E-state index contributed by atoms with van der Waals surface area (Å²) < 4.78 is 5.21. The molecule has 2 unspecified atom stereocenters. The third kappa shape index (κ3) is 3.76. The molecule has 1 aliphatic carbocycles. The molecule has 1 saturated carbocycles. The Bertz CT molecular complexity index is 444. The summed E-state index contributed by atoms with van der Waals surface area (Å²) in [5.74, 6) is -0.281. The molecule has 0 radical (unpaired) electrons. The normalized spacial score (nSPS) is 23.5. The maximum atomic E-state index is 10.8. The van der Waals surface area contributed by atoms with Gasteiger partial charge in [-0.3, -0.25) is 0 Å². The third-order valence-electron chi connectivity index (χ3n) is 3.77. The maximum Gasteiger partial charge on any atom is 0.371 e. The summed E-state index contributed by atoms with van der Waals surface area (Å²) in [6, 6.07) is 2.16. The summed E-state index contributed by atoms with van der Waals surface area (Å²) in [5.41, 5.74) is 0.948. The van der Waals surface area contributed by atoms with Crippen LogP contribution in [0.3, 0.4) is 0 Å². The van der Waals surface area contributed by atoms with Crippen LogP contribution in [0.4, 0.5) is 0 Å². The van der Waals surface area contributed by atoms with E-state index in [1.54, 1.807) is 6.07 Å². The Labute approximate surface area is 117 Å². The number of carbonyl (C=O) groups is 1. The fourth-order valence-electron chi connectivity index (χ4n) is 2.60. The molecule has 0 aliphatic heterocycles. The van der Waals surface area contributed by atoms with Gasteiger partial charge in [0, 0.05) is 23.4 Å². The quantitative estimate of drug-likeness (QED) is 0.869. The highest BCUT2D eigenvalue weighted by atomic mass is 32.2. The lowest BCUT2D eigenvalue weighted by molar-refractivity contribution is 0.0661. The first kappa shape index (κ1) is 14.5. The van der Waals surface area contributed by atoms with Crippen molar-refractivity contribution in [2.45, 2.75) is 50.4 Å². The monoisotopic (exact) mass is 283 g/mol. The molecule has 1 fully saturated rings. The van der Waals surface area contributed by atoms with Gasteiger partial charge in [-0.1, -0.05) is 6.42 Å². The van der Waals surface area contributed by atoms with Gasteiger partial charge >= 0.3 is 5.97 Å². The number of aromatic carboxylic acids is 1. The number of furan rings is 1.